The van der Waals surface area contributed by atoms with Crippen molar-refractivity contribution in [2.24, 2.45) is 5.92 Å². The zero-order chi connectivity index (χ0) is 27.1. The smallest absolute Gasteiger partial charge is 0.330 e. The molecule has 0 aromatic heterocycles. The summed E-state index contributed by atoms with van der Waals surface area (Å²) in [5, 5.41) is 21.8. The van der Waals surface area contributed by atoms with Gasteiger partial charge in [0.25, 0.3) is 0 Å². The van der Waals surface area contributed by atoms with E-state index in [0.717, 1.165) is 50.5 Å². The van der Waals surface area contributed by atoms with E-state index in [9.17, 15) is 15.0 Å². The Kier molecular flexibility index (Phi) is 10.8. The Hall–Kier alpha value is -1.77. The Morgan fingerprint density at radius 3 is 2.68 bits per heavy atom. The zero-order valence-electron chi connectivity index (χ0n) is 23.0. The third-order valence-corrected chi connectivity index (χ3v) is 8.04. The van der Waals surface area contributed by atoms with Crippen LogP contribution in [0.15, 0.2) is 48.1 Å². The molecule has 0 radical (unpaired) electrons. The summed E-state index contributed by atoms with van der Waals surface area (Å²) in [6.45, 7) is 9.05. The minimum absolute atomic E-state index is 0.0839. The van der Waals surface area contributed by atoms with Crippen LogP contribution in [0, 0.1) is 5.92 Å². The van der Waals surface area contributed by atoms with Gasteiger partial charge in [0.1, 0.15) is 18.3 Å². The summed E-state index contributed by atoms with van der Waals surface area (Å²) >= 11 is 0. The van der Waals surface area contributed by atoms with Gasteiger partial charge in [-0.1, -0.05) is 61.8 Å². The van der Waals surface area contributed by atoms with Crippen molar-refractivity contribution in [3.05, 3.63) is 48.1 Å². The minimum Gasteiger partial charge on any atom is -0.456 e. The Morgan fingerprint density at radius 2 is 1.89 bits per heavy atom. The number of ether oxygens (including phenoxy) is 4. The maximum atomic E-state index is 12.7. The molecule has 0 unspecified atom stereocenters. The predicted octanol–water partition coefficient (Wildman–Crippen LogP) is 4.72. The molecule has 2 N–H and O–H groups in total. The van der Waals surface area contributed by atoms with Crippen LogP contribution in [0.1, 0.15) is 78.1 Å². The van der Waals surface area contributed by atoms with Gasteiger partial charge in [-0.05, 0) is 57.8 Å². The molecule has 0 spiro atoms. The highest BCUT2D eigenvalue weighted by molar-refractivity contribution is 5.82. The van der Waals surface area contributed by atoms with Crippen LogP contribution in [-0.4, -0.2) is 71.6 Å². The first kappa shape index (κ1) is 29.2. The standard InChI is InChI=1S/C31H46O7/c1-20-13-14-35-24(16-20)11-12-26(32)28-19-29-31(38-29)27(33)18-22(3)15-21(2)17-25-8-5-4-7-23(36-25)9-6-10-30(34)37-28/h6,10-13,21,23-29,31-33H,3-5,7-9,14-19H2,1-2H3/b10-6-,12-11+/t21-,23-,24+,25-,26-,27-,28-,29+,31-/m0/s1. The third kappa shape index (κ3) is 9.16. The molecule has 4 aliphatic rings. The maximum absolute atomic E-state index is 12.7. The molecule has 2 saturated heterocycles. The number of carbonyl (C=O) groups excluding carboxylic acids is 1. The van der Waals surface area contributed by atoms with E-state index in [0.29, 0.717) is 31.8 Å². The Bertz CT molecular complexity index is 893. The van der Waals surface area contributed by atoms with Gasteiger partial charge in [0, 0.05) is 12.5 Å². The summed E-state index contributed by atoms with van der Waals surface area (Å²) in [4.78, 5) is 12.7. The number of carbonyl (C=O) groups is 1. The monoisotopic (exact) mass is 530 g/mol. The highest BCUT2D eigenvalue weighted by Crippen LogP contribution is 2.35. The lowest BCUT2D eigenvalue weighted by atomic mass is 9.91. The van der Waals surface area contributed by atoms with Crippen LogP contribution >= 0.6 is 0 Å². The molecule has 212 valence electrons. The zero-order valence-corrected chi connectivity index (χ0v) is 23.0. The predicted molar refractivity (Wildman–Crippen MR) is 145 cm³/mol. The van der Waals surface area contributed by atoms with Crippen LogP contribution in [0.4, 0.5) is 0 Å². The largest absolute Gasteiger partial charge is 0.456 e. The van der Waals surface area contributed by atoms with Crippen LogP contribution in [0.2, 0.25) is 0 Å². The summed E-state index contributed by atoms with van der Waals surface area (Å²) in [5.41, 5.74) is 2.26. The number of aliphatic hydroxyl groups excluding tert-OH is 2. The van der Waals surface area contributed by atoms with Crippen molar-refractivity contribution in [1.82, 2.24) is 0 Å². The summed E-state index contributed by atoms with van der Waals surface area (Å²) in [7, 11) is 0. The number of hydrogen-bond acceptors (Lipinski definition) is 7. The average Bonchev–Trinajstić information content (AvgIpc) is 3.65. The van der Waals surface area contributed by atoms with Gasteiger partial charge in [-0.2, -0.15) is 0 Å². The fourth-order valence-electron chi connectivity index (χ4n) is 5.95. The van der Waals surface area contributed by atoms with E-state index in [1.165, 1.54) is 11.6 Å². The molecular formula is C31H46O7. The number of hydrogen-bond donors (Lipinski definition) is 2. The lowest BCUT2D eigenvalue weighted by Gasteiger charge is -2.25. The van der Waals surface area contributed by atoms with Crippen molar-refractivity contribution in [2.75, 3.05) is 6.61 Å². The fourth-order valence-corrected chi connectivity index (χ4v) is 5.95. The van der Waals surface area contributed by atoms with Crippen molar-refractivity contribution in [3.8, 4) is 0 Å². The van der Waals surface area contributed by atoms with Crippen LogP contribution in [0.3, 0.4) is 0 Å². The molecule has 0 aliphatic carbocycles. The van der Waals surface area contributed by atoms with Crippen molar-refractivity contribution in [1.29, 1.82) is 0 Å². The molecule has 0 saturated carbocycles. The van der Waals surface area contributed by atoms with Gasteiger partial charge in [-0.25, -0.2) is 4.79 Å². The lowest BCUT2D eigenvalue weighted by Crippen LogP contribution is -2.32. The van der Waals surface area contributed by atoms with Gasteiger partial charge in [0.2, 0.25) is 0 Å². The molecule has 7 heteroatoms. The van der Waals surface area contributed by atoms with Crippen LogP contribution in [0.5, 0.6) is 0 Å². The third-order valence-electron chi connectivity index (χ3n) is 8.04. The number of rotatable bonds is 3. The van der Waals surface area contributed by atoms with Crippen LogP contribution < -0.4 is 0 Å². The summed E-state index contributed by atoms with van der Waals surface area (Å²) in [5.74, 6) is -0.0845. The normalized spacial score (nSPS) is 39.6. The van der Waals surface area contributed by atoms with E-state index >= 15 is 0 Å². The first-order valence-corrected chi connectivity index (χ1v) is 14.4. The van der Waals surface area contributed by atoms with Crippen molar-refractivity contribution < 1.29 is 34.0 Å². The van der Waals surface area contributed by atoms with E-state index in [2.05, 4.69) is 20.4 Å². The maximum Gasteiger partial charge on any atom is 0.330 e. The van der Waals surface area contributed by atoms with Crippen molar-refractivity contribution in [3.63, 3.8) is 0 Å². The molecule has 4 heterocycles. The van der Waals surface area contributed by atoms with Gasteiger partial charge < -0.3 is 29.2 Å². The Labute approximate surface area is 227 Å². The highest BCUT2D eigenvalue weighted by Gasteiger charge is 2.46. The topological polar surface area (TPSA) is 97.8 Å². The van der Waals surface area contributed by atoms with E-state index in [1.807, 2.05) is 18.2 Å². The fraction of sp³-hybridized carbons (Fsp3) is 0.710. The molecule has 2 bridgehead atoms. The van der Waals surface area contributed by atoms with Crippen molar-refractivity contribution >= 4 is 5.97 Å². The number of esters is 1. The number of epoxide rings is 1. The second kappa shape index (κ2) is 14.0. The number of cyclic esters (lactones) is 1. The lowest BCUT2D eigenvalue weighted by molar-refractivity contribution is -0.148. The molecule has 7 nitrogen and oxygen atoms in total. The van der Waals surface area contributed by atoms with E-state index in [-0.39, 0.29) is 30.5 Å². The molecule has 0 amide bonds. The molecule has 38 heavy (non-hydrogen) atoms. The van der Waals surface area contributed by atoms with Gasteiger partial charge in [-0.3, -0.25) is 0 Å². The molecule has 0 aromatic carbocycles. The highest BCUT2D eigenvalue weighted by atomic mass is 16.6. The van der Waals surface area contributed by atoms with Gasteiger partial charge in [0.05, 0.1) is 37.1 Å². The molecule has 0 aromatic rings. The molecule has 9 atom stereocenters. The summed E-state index contributed by atoms with van der Waals surface area (Å²) in [6.07, 6.45) is 14.1. The second-order valence-corrected chi connectivity index (χ2v) is 11.7. The molecular weight excluding hydrogens is 484 g/mol. The minimum atomic E-state index is -1.02. The van der Waals surface area contributed by atoms with Crippen molar-refractivity contribution in [2.45, 2.75) is 127 Å². The van der Waals surface area contributed by atoms with Gasteiger partial charge in [0.15, 0.2) is 0 Å². The van der Waals surface area contributed by atoms with E-state index < -0.39 is 24.3 Å². The Balaban J connectivity index is 1.45. The second-order valence-electron chi connectivity index (χ2n) is 11.7. The number of fused-ring (bicyclic) bond motifs is 3. The molecule has 2 fully saturated rings. The quantitative estimate of drug-likeness (QED) is 0.310. The first-order valence-electron chi connectivity index (χ1n) is 14.4. The Morgan fingerprint density at radius 1 is 1.11 bits per heavy atom. The van der Waals surface area contributed by atoms with Gasteiger partial charge >= 0.3 is 5.97 Å². The summed E-state index contributed by atoms with van der Waals surface area (Å²) in [6, 6.07) is 0. The summed E-state index contributed by atoms with van der Waals surface area (Å²) < 4.78 is 23.6. The molecule has 4 aliphatic heterocycles. The van der Waals surface area contributed by atoms with E-state index in [4.69, 9.17) is 18.9 Å². The molecule has 4 rings (SSSR count). The van der Waals surface area contributed by atoms with Crippen LogP contribution in [-0.2, 0) is 23.7 Å². The SMILES string of the molecule is C=C1C[C@H](C)C[C@@H]2CCCC[C@@H](C/C=C\C(=O)O[C@H]([C@@H](O)/C=C/[C@@H]3CC(C)=CCO3)C[C@H]3O[C@H]3[C@@H](O)C1)O2. The van der Waals surface area contributed by atoms with Crippen LogP contribution in [0.25, 0.3) is 0 Å². The van der Waals surface area contributed by atoms with Gasteiger partial charge in [-0.15, -0.1) is 0 Å². The average molecular weight is 531 g/mol. The first-order chi connectivity index (χ1) is 18.3. The number of aliphatic hydroxyl groups is 2. The van der Waals surface area contributed by atoms with E-state index in [1.54, 1.807) is 6.08 Å².